The fourth-order valence-electron chi connectivity index (χ4n) is 4.17. The summed E-state index contributed by atoms with van der Waals surface area (Å²) in [5, 5.41) is 0. The first kappa shape index (κ1) is 16.0. The van der Waals surface area contributed by atoms with Crippen LogP contribution in [0.5, 0.6) is 5.75 Å². The first-order valence-electron chi connectivity index (χ1n) is 8.92. The lowest BCUT2D eigenvalue weighted by atomic mass is 9.98. The highest BCUT2D eigenvalue weighted by Gasteiger charge is 2.35. The Labute approximate surface area is 149 Å². The normalized spacial score (nSPS) is 19.2. The second-order valence-corrected chi connectivity index (χ2v) is 6.93. The van der Waals surface area contributed by atoms with Crippen LogP contribution in [0.15, 0.2) is 42.5 Å². The lowest BCUT2D eigenvalue weighted by Crippen LogP contribution is -2.37. The van der Waals surface area contributed by atoms with Crippen molar-refractivity contribution in [1.82, 2.24) is 4.90 Å². The molecule has 25 heavy (non-hydrogen) atoms. The zero-order chi connectivity index (χ0) is 17.4. The molecule has 0 N–H and O–H groups in total. The summed E-state index contributed by atoms with van der Waals surface area (Å²) in [5.74, 6) is 0.996. The number of fused-ring (bicyclic) bond motifs is 2. The number of para-hydroxylation sites is 1. The molecule has 0 saturated carbocycles. The largest absolute Gasteiger partial charge is 0.496 e. The van der Waals surface area contributed by atoms with Gasteiger partial charge in [-0.1, -0.05) is 30.3 Å². The molecule has 1 amide bonds. The van der Waals surface area contributed by atoms with E-state index in [9.17, 15) is 4.79 Å². The number of methoxy groups -OCH3 is 1. The van der Waals surface area contributed by atoms with Crippen molar-refractivity contribution in [3.05, 3.63) is 59.2 Å². The summed E-state index contributed by atoms with van der Waals surface area (Å²) in [5.41, 5.74) is 4.79. The number of hydrogen-bond donors (Lipinski definition) is 0. The van der Waals surface area contributed by atoms with E-state index in [-0.39, 0.29) is 11.8 Å². The molecular formula is C21H24N2O2. The summed E-state index contributed by atoms with van der Waals surface area (Å²) >= 11 is 0. The van der Waals surface area contributed by atoms with E-state index in [2.05, 4.69) is 42.3 Å². The first-order valence-corrected chi connectivity index (χ1v) is 8.92. The van der Waals surface area contributed by atoms with Gasteiger partial charge in [0.1, 0.15) is 5.75 Å². The van der Waals surface area contributed by atoms with Gasteiger partial charge in [0, 0.05) is 37.9 Å². The van der Waals surface area contributed by atoms with Crippen molar-refractivity contribution in [3.63, 3.8) is 0 Å². The van der Waals surface area contributed by atoms with E-state index in [1.807, 2.05) is 17.0 Å². The summed E-state index contributed by atoms with van der Waals surface area (Å²) < 4.78 is 5.54. The van der Waals surface area contributed by atoms with Crippen LogP contribution in [0.3, 0.4) is 0 Å². The van der Waals surface area contributed by atoms with Gasteiger partial charge in [0.25, 0.3) is 0 Å². The fraction of sp³-hybridized carbons (Fsp3) is 0.381. The Hall–Kier alpha value is -2.49. The number of carbonyl (C=O) groups is 1. The fourth-order valence-corrected chi connectivity index (χ4v) is 4.17. The Morgan fingerprint density at radius 1 is 1.08 bits per heavy atom. The van der Waals surface area contributed by atoms with Gasteiger partial charge in [0.05, 0.1) is 13.0 Å². The number of likely N-dealkylation sites (N-methyl/N-ethyl adjacent to an activating group) is 1. The van der Waals surface area contributed by atoms with Crippen LogP contribution < -0.4 is 9.64 Å². The number of hydrogen-bond acceptors (Lipinski definition) is 3. The molecule has 2 aromatic rings. The van der Waals surface area contributed by atoms with Crippen molar-refractivity contribution >= 4 is 11.6 Å². The van der Waals surface area contributed by atoms with E-state index < -0.39 is 0 Å². The zero-order valence-electron chi connectivity index (χ0n) is 14.9. The third-order valence-electron chi connectivity index (χ3n) is 5.51. The van der Waals surface area contributed by atoms with E-state index in [0.29, 0.717) is 6.54 Å². The minimum atomic E-state index is -0.0817. The molecule has 1 aliphatic heterocycles. The van der Waals surface area contributed by atoms with Gasteiger partial charge < -0.3 is 14.5 Å². The van der Waals surface area contributed by atoms with Gasteiger partial charge in [0.2, 0.25) is 5.91 Å². The lowest BCUT2D eigenvalue weighted by molar-refractivity contribution is -0.133. The average Bonchev–Trinajstić information content (AvgIpc) is 3.01. The summed E-state index contributed by atoms with van der Waals surface area (Å²) in [6, 6.07) is 14.5. The molecule has 0 fully saturated rings. The third kappa shape index (κ3) is 2.76. The van der Waals surface area contributed by atoms with Crippen molar-refractivity contribution < 1.29 is 9.53 Å². The highest BCUT2D eigenvalue weighted by Crippen LogP contribution is 2.41. The molecular weight excluding hydrogens is 312 g/mol. The topological polar surface area (TPSA) is 32.8 Å². The predicted molar refractivity (Wildman–Crippen MR) is 99.2 cm³/mol. The molecule has 1 heterocycles. The number of benzene rings is 2. The SMILES string of the molecule is COc1cccc2c1C(C(=O)N1CCN(C)c3ccccc3C1)CC2. The Kier molecular flexibility index (Phi) is 4.12. The number of carbonyl (C=O) groups excluding carboxylic acids is 1. The number of rotatable bonds is 2. The van der Waals surface area contributed by atoms with Crippen LogP contribution in [0.25, 0.3) is 0 Å². The number of ether oxygens (including phenoxy) is 1. The van der Waals surface area contributed by atoms with E-state index in [1.165, 1.54) is 16.8 Å². The van der Waals surface area contributed by atoms with Crippen LogP contribution in [0.2, 0.25) is 0 Å². The number of anilines is 1. The van der Waals surface area contributed by atoms with Crippen LogP contribution in [0.1, 0.15) is 29.0 Å². The third-order valence-corrected chi connectivity index (χ3v) is 5.51. The van der Waals surface area contributed by atoms with Crippen LogP contribution in [0, 0.1) is 0 Å². The van der Waals surface area contributed by atoms with E-state index in [0.717, 1.165) is 37.2 Å². The van der Waals surface area contributed by atoms with Crippen LogP contribution in [-0.2, 0) is 17.8 Å². The standard InChI is InChI=1S/C21H24N2O2/c1-22-12-13-23(14-16-6-3-4-8-18(16)22)21(24)17-11-10-15-7-5-9-19(25-2)20(15)17/h3-9,17H,10-14H2,1-2H3. The maximum absolute atomic E-state index is 13.4. The molecule has 0 saturated heterocycles. The van der Waals surface area contributed by atoms with Gasteiger partial charge >= 0.3 is 0 Å². The quantitative estimate of drug-likeness (QED) is 0.844. The van der Waals surface area contributed by atoms with Crippen molar-refractivity contribution in [3.8, 4) is 5.75 Å². The maximum Gasteiger partial charge on any atom is 0.230 e. The summed E-state index contributed by atoms with van der Waals surface area (Å²) in [6.45, 7) is 2.29. The second kappa shape index (κ2) is 6.43. The molecule has 4 heteroatoms. The summed E-state index contributed by atoms with van der Waals surface area (Å²) in [6.07, 6.45) is 1.83. The summed E-state index contributed by atoms with van der Waals surface area (Å²) in [4.78, 5) is 17.6. The number of aryl methyl sites for hydroxylation is 1. The van der Waals surface area contributed by atoms with Crippen molar-refractivity contribution in [2.24, 2.45) is 0 Å². The van der Waals surface area contributed by atoms with Crippen molar-refractivity contribution in [2.45, 2.75) is 25.3 Å². The van der Waals surface area contributed by atoms with Crippen LogP contribution >= 0.6 is 0 Å². The van der Waals surface area contributed by atoms with Gasteiger partial charge in [-0.3, -0.25) is 4.79 Å². The van der Waals surface area contributed by atoms with E-state index >= 15 is 0 Å². The zero-order valence-corrected chi connectivity index (χ0v) is 14.9. The Bertz CT molecular complexity index is 802. The Morgan fingerprint density at radius 3 is 2.72 bits per heavy atom. The molecule has 2 aromatic carbocycles. The van der Waals surface area contributed by atoms with Gasteiger partial charge in [-0.15, -0.1) is 0 Å². The van der Waals surface area contributed by atoms with E-state index in [1.54, 1.807) is 7.11 Å². The molecule has 1 unspecified atom stereocenters. The molecule has 4 rings (SSSR count). The van der Waals surface area contributed by atoms with Gasteiger partial charge in [-0.05, 0) is 36.1 Å². The molecule has 0 radical (unpaired) electrons. The first-order chi connectivity index (χ1) is 12.2. The van der Waals surface area contributed by atoms with Crippen LogP contribution in [0.4, 0.5) is 5.69 Å². The molecule has 1 atom stereocenters. The van der Waals surface area contributed by atoms with Gasteiger partial charge in [-0.2, -0.15) is 0 Å². The number of amides is 1. The molecule has 4 nitrogen and oxygen atoms in total. The van der Waals surface area contributed by atoms with Crippen LogP contribution in [-0.4, -0.2) is 38.1 Å². The van der Waals surface area contributed by atoms with E-state index in [4.69, 9.17) is 4.74 Å². The predicted octanol–water partition coefficient (Wildman–Crippen LogP) is 3.20. The Morgan fingerprint density at radius 2 is 1.88 bits per heavy atom. The second-order valence-electron chi connectivity index (χ2n) is 6.93. The lowest BCUT2D eigenvalue weighted by Gasteiger charge is -2.25. The van der Waals surface area contributed by atoms with Crippen molar-refractivity contribution in [2.75, 3.05) is 32.1 Å². The molecule has 0 bridgehead atoms. The molecule has 1 aliphatic carbocycles. The highest BCUT2D eigenvalue weighted by atomic mass is 16.5. The monoisotopic (exact) mass is 336 g/mol. The minimum Gasteiger partial charge on any atom is -0.496 e. The number of nitrogens with zero attached hydrogens (tertiary/aromatic N) is 2. The molecule has 130 valence electrons. The average molecular weight is 336 g/mol. The molecule has 2 aliphatic rings. The Balaban J connectivity index is 1.64. The molecule has 0 aromatic heterocycles. The van der Waals surface area contributed by atoms with Gasteiger partial charge in [-0.25, -0.2) is 0 Å². The highest BCUT2D eigenvalue weighted by molar-refractivity contribution is 5.86. The van der Waals surface area contributed by atoms with Crippen molar-refractivity contribution in [1.29, 1.82) is 0 Å². The van der Waals surface area contributed by atoms with Gasteiger partial charge in [0.15, 0.2) is 0 Å². The maximum atomic E-state index is 13.4. The smallest absolute Gasteiger partial charge is 0.230 e. The minimum absolute atomic E-state index is 0.0817. The molecule has 0 spiro atoms. The summed E-state index contributed by atoms with van der Waals surface area (Å²) in [7, 11) is 3.79.